The van der Waals surface area contributed by atoms with Crippen molar-refractivity contribution < 1.29 is 19.0 Å². The summed E-state index contributed by atoms with van der Waals surface area (Å²) in [6.07, 6.45) is 10.1. The summed E-state index contributed by atoms with van der Waals surface area (Å²) in [6.45, 7) is 6.62. The Labute approximate surface area is 289 Å². The molecule has 0 spiro atoms. The van der Waals surface area contributed by atoms with Crippen LogP contribution in [-0.2, 0) is 4.74 Å². The number of anilines is 1. The predicted molar refractivity (Wildman–Crippen MR) is 185 cm³/mol. The minimum absolute atomic E-state index is 0.00660. The summed E-state index contributed by atoms with van der Waals surface area (Å²) in [5.74, 6) is 3.62. The summed E-state index contributed by atoms with van der Waals surface area (Å²) < 4.78 is 29.3. The van der Waals surface area contributed by atoms with Gasteiger partial charge < -0.3 is 29.7 Å². The molecule has 5 heterocycles. The van der Waals surface area contributed by atoms with Gasteiger partial charge in [-0.15, -0.1) is 6.42 Å². The molecule has 1 saturated carbocycles. The van der Waals surface area contributed by atoms with Gasteiger partial charge in [0.2, 0.25) is 0 Å². The number of phenols is 1. The number of benzene rings is 3. The Kier molecular flexibility index (Phi) is 7.37. The van der Waals surface area contributed by atoms with Crippen molar-refractivity contribution in [2.75, 3.05) is 57.4 Å². The average molecular weight is 679 g/mol. The number of terminal acetylenes is 1. The zero-order valence-electron chi connectivity index (χ0n) is 27.0. The highest BCUT2D eigenvalue weighted by Crippen LogP contribution is 2.48. The smallest absolute Gasteiger partial charge is 0.319 e. The van der Waals surface area contributed by atoms with Crippen LogP contribution in [0.4, 0.5) is 10.2 Å². The van der Waals surface area contributed by atoms with Gasteiger partial charge in [0.25, 0.3) is 0 Å². The molecule has 4 aromatic rings. The van der Waals surface area contributed by atoms with Crippen molar-refractivity contribution in [1.82, 2.24) is 20.2 Å². The van der Waals surface area contributed by atoms with Crippen LogP contribution in [0.25, 0.3) is 32.8 Å². The Morgan fingerprint density at radius 3 is 2.55 bits per heavy atom. The minimum Gasteiger partial charge on any atom is -0.508 e. The second kappa shape index (κ2) is 11.7. The number of ether oxygens (including phenoxy) is 2. The van der Waals surface area contributed by atoms with Gasteiger partial charge >= 0.3 is 6.01 Å². The molecule has 49 heavy (non-hydrogen) atoms. The molecule has 4 aliphatic heterocycles. The number of rotatable bonds is 7. The first-order valence-corrected chi connectivity index (χ1v) is 17.5. The van der Waals surface area contributed by atoms with Gasteiger partial charge in [-0.3, -0.25) is 0 Å². The van der Waals surface area contributed by atoms with Crippen molar-refractivity contribution in [2.45, 2.75) is 37.8 Å². The largest absolute Gasteiger partial charge is 0.508 e. The third-order valence-electron chi connectivity index (χ3n) is 11.3. The zero-order chi connectivity index (χ0) is 33.4. The van der Waals surface area contributed by atoms with Gasteiger partial charge in [-0.25, -0.2) is 4.39 Å². The molecule has 4 saturated heterocycles. The quantitative estimate of drug-likeness (QED) is 0.246. The summed E-state index contributed by atoms with van der Waals surface area (Å²) in [5, 5.41) is 26.6. The molecule has 4 atom stereocenters. The van der Waals surface area contributed by atoms with Crippen molar-refractivity contribution >= 4 is 39.1 Å². The molecule has 1 aliphatic carbocycles. The van der Waals surface area contributed by atoms with Crippen LogP contribution in [0.5, 0.6) is 11.8 Å². The number of likely N-dealkylation sites (tertiary alicyclic amines) is 1. The maximum atomic E-state index is 17.2. The van der Waals surface area contributed by atoms with E-state index in [2.05, 4.69) is 27.1 Å². The van der Waals surface area contributed by atoms with Gasteiger partial charge in [0.1, 0.15) is 17.1 Å². The number of hydrogen-bond donors (Lipinski definition) is 2. The molecule has 5 aliphatic rings. The zero-order valence-corrected chi connectivity index (χ0v) is 27.8. The van der Waals surface area contributed by atoms with Crippen LogP contribution < -0.4 is 15.0 Å². The fourth-order valence-corrected chi connectivity index (χ4v) is 8.92. The molecule has 2 N–H and O–H groups in total. The molecule has 3 aromatic carbocycles. The van der Waals surface area contributed by atoms with Gasteiger partial charge in [0.05, 0.1) is 42.0 Å². The van der Waals surface area contributed by atoms with Crippen molar-refractivity contribution in [3.8, 4) is 41.3 Å². The molecule has 2 bridgehead atoms. The lowest BCUT2D eigenvalue weighted by Crippen LogP contribution is -2.51. The molecule has 250 valence electrons. The van der Waals surface area contributed by atoms with Crippen molar-refractivity contribution in [1.29, 1.82) is 5.26 Å². The fourth-order valence-electron chi connectivity index (χ4n) is 8.71. The highest BCUT2D eigenvalue weighted by atomic mass is 35.5. The molecule has 1 aromatic heterocycles. The summed E-state index contributed by atoms with van der Waals surface area (Å²) in [7, 11) is 0. The van der Waals surface area contributed by atoms with Crippen LogP contribution in [0.3, 0.4) is 0 Å². The highest BCUT2D eigenvalue weighted by molar-refractivity contribution is 6.33. The van der Waals surface area contributed by atoms with E-state index in [4.69, 9.17) is 37.5 Å². The van der Waals surface area contributed by atoms with Gasteiger partial charge in [0, 0.05) is 78.4 Å². The van der Waals surface area contributed by atoms with Crippen LogP contribution in [0.1, 0.15) is 36.8 Å². The number of nitriles is 1. The number of aromatic hydroxyl groups is 1. The van der Waals surface area contributed by atoms with Crippen LogP contribution in [0.15, 0.2) is 30.3 Å². The number of nitrogens with one attached hydrogen (secondary N) is 1. The Morgan fingerprint density at radius 2 is 1.86 bits per heavy atom. The van der Waals surface area contributed by atoms with Gasteiger partial charge in [-0.05, 0) is 60.9 Å². The molecule has 11 heteroatoms. The van der Waals surface area contributed by atoms with Gasteiger partial charge in [-0.2, -0.15) is 15.2 Å². The first-order valence-electron chi connectivity index (χ1n) is 17.1. The average Bonchev–Trinajstić information content (AvgIpc) is 3.34. The van der Waals surface area contributed by atoms with E-state index >= 15 is 4.39 Å². The Balaban J connectivity index is 1.15. The number of nitrogens with zero attached hydrogens (tertiary/aromatic N) is 5. The first-order chi connectivity index (χ1) is 23.8. The molecule has 9 rings (SSSR count). The number of halogens is 2. The second-order valence-corrected chi connectivity index (χ2v) is 15.1. The van der Waals surface area contributed by atoms with Crippen LogP contribution >= 0.6 is 11.6 Å². The monoisotopic (exact) mass is 678 g/mol. The normalized spacial score (nSPS) is 25.4. The number of aromatic nitrogens is 2. The predicted octanol–water partition coefficient (Wildman–Crippen LogP) is 5.48. The topological polar surface area (TPSA) is 107 Å². The Morgan fingerprint density at radius 1 is 1.10 bits per heavy atom. The molecule has 0 amide bonds. The SMILES string of the molecule is C#Cc1c(Cl)ccc2cc(O)cc(-c3c(C#N)cc4c(N5CC6CCC(C5)N6)nc(OCC5(CN6C[C@H]7COC[C@@H]7C6)CC5)nc4c3F)c12. The van der Waals surface area contributed by atoms with Crippen LogP contribution in [0, 0.1) is 46.7 Å². The maximum Gasteiger partial charge on any atom is 0.319 e. The van der Waals surface area contributed by atoms with E-state index in [9.17, 15) is 10.4 Å². The van der Waals surface area contributed by atoms with E-state index in [0.29, 0.717) is 76.2 Å². The molecular formula is C38H36ClFN6O3. The minimum atomic E-state index is -0.706. The summed E-state index contributed by atoms with van der Waals surface area (Å²) in [6, 6.07) is 10.9. The van der Waals surface area contributed by atoms with E-state index in [1.165, 1.54) is 6.07 Å². The van der Waals surface area contributed by atoms with Crippen molar-refractivity contribution in [3.63, 3.8) is 0 Å². The van der Waals surface area contributed by atoms with Gasteiger partial charge in [0.15, 0.2) is 5.82 Å². The summed E-state index contributed by atoms with van der Waals surface area (Å²) in [4.78, 5) is 14.3. The van der Waals surface area contributed by atoms with Crippen LogP contribution in [-0.4, -0.2) is 84.6 Å². The molecule has 9 nitrogen and oxygen atoms in total. The Hall–Kier alpha value is -4.19. The van der Waals surface area contributed by atoms with E-state index in [1.807, 2.05) is 0 Å². The second-order valence-electron chi connectivity index (χ2n) is 14.7. The molecule has 5 fully saturated rings. The number of phenolic OH excluding ortho intramolecular Hbond substituents is 1. The van der Waals surface area contributed by atoms with E-state index in [0.717, 1.165) is 58.5 Å². The molecular weight excluding hydrogens is 643 g/mol. The lowest BCUT2D eigenvalue weighted by Gasteiger charge is -2.34. The summed E-state index contributed by atoms with van der Waals surface area (Å²) in [5.41, 5.74) is 0.762. The number of hydrogen-bond acceptors (Lipinski definition) is 9. The third-order valence-corrected chi connectivity index (χ3v) is 11.6. The van der Waals surface area contributed by atoms with Crippen molar-refractivity contribution in [2.24, 2.45) is 17.3 Å². The third kappa shape index (κ3) is 5.34. The lowest BCUT2D eigenvalue weighted by atomic mass is 9.90. The molecule has 2 unspecified atom stereocenters. The van der Waals surface area contributed by atoms with E-state index in [1.54, 1.807) is 24.3 Å². The number of fused-ring (bicyclic) bond motifs is 5. The maximum absolute atomic E-state index is 17.2. The first kappa shape index (κ1) is 30.8. The molecule has 0 radical (unpaired) electrons. The Bertz CT molecular complexity index is 2080. The summed E-state index contributed by atoms with van der Waals surface area (Å²) >= 11 is 6.50. The number of piperazine rings is 1. The fraction of sp³-hybridized carbons (Fsp3) is 0.447. The standard InChI is InChI=1S/C38H36ClFN6O3/c1-2-28-31(39)6-3-21-9-27(47)11-29(32(21)28)33-22(12-41)10-30-35(34(33)40)43-37(44-36(30)46-15-25-4-5-26(16-46)42-25)49-20-38(7-8-38)19-45-13-23-17-48-18-24(23)14-45/h1,3,6,9-11,23-26,42,47H,4-5,7-8,13-20H2/t23-,24-,25?,26?/m0/s1. The van der Waals surface area contributed by atoms with E-state index in [-0.39, 0.29) is 39.4 Å². The van der Waals surface area contributed by atoms with Gasteiger partial charge in [-0.1, -0.05) is 23.6 Å². The van der Waals surface area contributed by atoms with E-state index < -0.39 is 5.82 Å². The lowest BCUT2D eigenvalue weighted by molar-refractivity contribution is 0.131. The van der Waals surface area contributed by atoms with Crippen LogP contribution in [0.2, 0.25) is 5.02 Å². The van der Waals surface area contributed by atoms with Crippen molar-refractivity contribution in [3.05, 3.63) is 52.3 Å². The highest BCUT2D eigenvalue weighted by Gasteiger charge is 2.48.